The van der Waals surface area contributed by atoms with E-state index >= 15 is 0 Å². The van der Waals surface area contributed by atoms with Crippen LogP contribution in [0.2, 0.25) is 0 Å². The van der Waals surface area contributed by atoms with Gasteiger partial charge in [0.25, 0.3) is 0 Å². The SMILES string of the molecule is c1ccc(-c2ccc(N(c3cccc(C4(c5ccccc5)c5ccccc5-c5ccccc54)c3)c3ccc4ccc5c(c4c3)Oc3ccc(-c4ccccc4)cc3-c3ccccc3-5)cc2)cc1. The number of benzene rings is 11. The lowest BCUT2D eigenvalue weighted by Crippen LogP contribution is -2.28. The van der Waals surface area contributed by atoms with E-state index in [1.807, 2.05) is 0 Å². The average Bonchev–Trinajstić information content (AvgIpc) is 3.62. The summed E-state index contributed by atoms with van der Waals surface area (Å²) in [5, 5.41) is 2.16. The second kappa shape index (κ2) is 15.8. The van der Waals surface area contributed by atoms with Crippen molar-refractivity contribution in [3.63, 3.8) is 0 Å². The van der Waals surface area contributed by atoms with Gasteiger partial charge in [-0.3, -0.25) is 0 Å². The molecule has 2 aliphatic rings. The molecule has 13 rings (SSSR count). The number of anilines is 3. The van der Waals surface area contributed by atoms with E-state index in [4.69, 9.17) is 4.74 Å². The Kier molecular flexibility index (Phi) is 9.11. The lowest BCUT2D eigenvalue weighted by molar-refractivity contribution is 0.493. The molecule has 1 aliphatic carbocycles. The van der Waals surface area contributed by atoms with E-state index in [-0.39, 0.29) is 0 Å². The Balaban J connectivity index is 1.02. The van der Waals surface area contributed by atoms with Gasteiger partial charge in [-0.1, -0.05) is 206 Å². The summed E-state index contributed by atoms with van der Waals surface area (Å²) in [4.78, 5) is 2.41. The molecule has 11 aromatic carbocycles. The van der Waals surface area contributed by atoms with Gasteiger partial charge in [-0.25, -0.2) is 0 Å². The minimum Gasteiger partial charge on any atom is -0.455 e. The molecular weight excluding hydrogens is 811 g/mol. The summed E-state index contributed by atoms with van der Waals surface area (Å²) in [5.74, 6) is 1.70. The molecular formula is C65H43NO. The van der Waals surface area contributed by atoms with Crippen molar-refractivity contribution >= 4 is 27.8 Å². The van der Waals surface area contributed by atoms with Crippen molar-refractivity contribution in [2.24, 2.45) is 0 Å². The van der Waals surface area contributed by atoms with Gasteiger partial charge in [0, 0.05) is 33.6 Å². The second-order valence-corrected chi connectivity index (χ2v) is 17.6. The molecule has 0 radical (unpaired) electrons. The van der Waals surface area contributed by atoms with E-state index in [1.54, 1.807) is 0 Å². The van der Waals surface area contributed by atoms with Crippen LogP contribution in [0.4, 0.5) is 17.1 Å². The highest BCUT2D eigenvalue weighted by Crippen LogP contribution is 2.57. The average molecular weight is 854 g/mol. The van der Waals surface area contributed by atoms with Crippen molar-refractivity contribution in [2.45, 2.75) is 5.41 Å². The molecule has 0 unspecified atom stereocenters. The molecule has 2 nitrogen and oxygen atoms in total. The molecule has 0 saturated carbocycles. The number of nitrogens with zero attached hydrogens (tertiary/aromatic N) is 1. The van der Waals surface area contributed by atoms with Gasteiger partial charge in [-0.15, -0.1) is 0 Å². The quantitative estimate of drug-likeness (QED) is 0.158. The van der Waals surface area contributed by atoms with E-state index in [0.717, 1.165) is 67.2 Å². The second-order valence-electron chi connectivity index (χ2n) is 17.6. The van der Waals surface area contributed by atoms with Crippen molar-refractivity contribution in [3.8, 4) is 67.1 Å². The van der Waals surface area contributed by atoms with Crippen LogP contribution in [-0.2, 0) is 5.41 Å². The van der Waals surface area contributed by atoms with Crippen LogP contribution in [-0.4, -0.2) is 0 Å². The highest BCUT2D eigenvalue weighted by Gasteiger charge is 2.46. The monoisotopic (exact) mass is 853 g/mol. The van der Waals surface area contributed by atoms with E-state index < -0.39 is 5.41 Å². The van der Waals surface area contributed by atoms with Crippen molar-refractivity contribution < 1.29 is 4.74 Å². The molecule has 0 N–H and O–H groups in total. The van der Waals surface area contributed by atoms with Crippen molar-refractivity contribution in [3.05, 3.63) is 283 Å². The zero-order valence-corrected chi connectivity index (χ0v) is 36.7. The lowest BCUT2D eigenvalue weighted by atomic mass is 9.67. The molecule has 0 spiro atoms. The fourth-order valence-electron chi connectivity index (χ4n) is 10.9. The Bertz CT molecular complexity index is 3610. The molecule has 0 aromatic heterocycles. The zero-order chi connectivity index (χ0) is 44.3. The first-order chi connectivity index (χ1) is 33.2. The van der Waals surface area contributed by atoms with Crippen molar-refractivity contribution in [1.29, 1.82) is 0 Å². The third kappa shape index (κ3) is 6.26. The molecule has 0 atom stereocenters. The molecule has 0 fully saturated rings. The summed E-state index contributed by atoms with van der Waals surface area (Å²) < 4.78 is 7.20. The molecule has 0 amide bonds. The van der Waals surface area contributed by atoms with E-state index in [0.29, 0.717) is 0 Å². The first-order valence-electron chi connectivity index (χ1n) is 23.1. The summed E-state index contributed by atoms with van der Waals surface area (Å²) in [5.41, 5.74) is 19.4. The topological polar surface area (TPSA) is 12.5 Å². The standard InChI is InChI=1S/C65H43NO/c1-4-17-44(18-5-1)46-31-36-51(37-32-46)66(52-24-16-23-50(42-52)65(49-21-8-3-9-22-49)61-29-14-12-27-56(61)57-28-13-15-30-62(57)65)53-38-33-47-34-39-58-54-25-10-11-26-55(54)60-41-48(45-19-6-2-7-20-45)35-40-63(60)67-64(58)59(47)43-53/h1-43H. The normalized spacial score (nSPS) is 12.7. The maximum absolute atomic E-state index is 7.20. The maximum Gasteiger partial charge on any atom is 0.143 e. The van der Waals surface area contributed by atoms with Gasteiger partial charge in [0.2, 0.25) is 0 Å². The predicted octanol–water partition coefficient (Wildman–Crippen LogP) is 17.4. The van der Waals surface area contributed by atoms with E-state index in [9.17, 15) is 0 Å². The van der Waals surface area contributed by atoms with Crippen molar-refractivity contribution in [2.75, 3.05) is 4.90 Å². The van der Waals surface area contributed by atoms with Crippen LogP contribution >= 0.6 is 0 Å². The fourth-order valence-corrected chi connectivity index (χ4v) is 10.9. The van der Waals surface area contributed by atoms with Crippen molar-refractivity contribution in [1.82, 2.24) is 0 Å². The first-order valence-corrected chi connectivity index (χ1v) is 23.1. The summed E-state index contributed by atoms with van der Waals surface area (Å²) in [7, 11) is 0. The summed E-state index contributed by atoms with van der Waals surface area (Å²) >= 11 is 0. The highest BCUT2D eigenvalue weighted by atomic mass is 16.5. The van der Waals surface area contributed by atoms with Gasteiger partial charge in [-0.05, 0) is 127 Å². The number of hydrogen-bond acceptors (Lipinski definition) is 2. The Morgan fingerprint density at radius 2 is 0.806 bits per heavy atom. The number of fused-ring (bicyclic) bond motifs is 10. The summed E-state index contributed by atoms with van der Waals surface area (Å²) in [6.45, 7) is 0. The van der Waals surface area contributed by atoms with Crippen LogP contribution in [0, 0.1) is 0 Å². The molecule has 67 heavy (non-hydrogen) atoms. The van der Waals surface area contributed by atoms with Crippen LogP contribution < -0.4 is 9.64 Å². The third-order valence-electron chi connectivity index (χ3n) is 13.9. The predicted molar refractivity (Wildman–Crippen MR) is 278 cm³/mol. The van der Waals surface area contributed by atoms with Crippen LogP contribution in [0.15, 0.2) is 261 Å². The van der Waals surface area contributed by atoms with Gasteiger partial charge in [0.15, 0.2) is 0 Å². The minimum absolute atomic E-state index is 0.539. The van der Waals surface area contributed by atoms with Crippen LogP contribution in [0.1, 0.15) is 22.3 Å². The Morgan fingerprint density at radius 3 is 1.49 bits per heavy atom. The largest absolute Gasteiger partial charge is 0.455 e. The van der Waals surface area contributed by atoms with Gasteiger partial charge in [-0.2, -0.15) is 0 Å². The minimum atomic E-state index is -0.539. The zero-order valence-electron chi connectivity index (χ0n) is 36.7. The lowest BCUT2D eigenvalue weighted by Gasteiger charge is -2.35. The highest BCUT2D eigenvalue weighted by molar-refractivity contribution is 6.02. The number of ether oxygens (including phenoxy) is 1. The number of rotatable bonds is 7. The van der Waals surface area contributed by atoms with Gasteiger partial charge in [0.1, 0.15) is 11.5 Å². The van der Waals surface area contributed by atoms with E-state index in [2.05, 4.69) is 266 Å². The Morgan fingerprint density at radius 1 is 0.299 bits per heavy atom. The molecule has 11 aromatic rings. The molecule has 0 bridgehead atoms. The molecule has 1 heterocycles. The first kappa shape index (κ1) is 38.7. The summed E-state index contributed by atoms with van der Waals surface area (Å²) in [6, 6.07) is 94.9. The summed E-state index contributed by atoms with van der Waals surface area (Å²) in [6.07, 6.45) is 0. The Hall–Kier alpha value is -8.72. The fraction of sp³-hybridized carbons (Fsp3) is 0.0154. The maximum atomic E-state index is 7.20. The van der Waals surface area contributed by atoms with E-state index in [1.165, 1.54) is 50.1 Å². The Labute approximate surface area is 391 Å². The van der Waals surface area contributed by atoms with Gasteiger partial charge in [0.05, 0.1) is 5.41 Å². The van der Waals surface area contributed by atoms with Crippen LogP contribution in [0.25, 0.3) is 66.4 Å². The molecule has 2 heteroatoms. The van der Waals surface area contributed by atoms with Gasteiger partial charge >= 0.3 is 0 Å². The van der Waals surface area contributed by atoms with Gasteiger partial charge < -0.3 is 9.64 Å². The number of hydrogen-bond donors (Lipinski definition) is 0. The van der Waals surface area contributed by atoms with Crippen LogP contribution in [0.3, 0.4) is 0 Å². The smallest absolute Gasteiger partial charge is 0.143 e. The third-order valence-corrected chi connectivity index (χ3v) is 13.9. The van der Waals surface area contributed by atoms with Crippen LogP contribution in [0.5, 0.6) is 11.5 Å². The molecule has 314 valence electrons. The molecule has 0 saturated heterocycles. The molecule has 1 aliphatic heterocycles.